The summed E-state index contributed by atoms with van der Waals surface area (Å²) >= 11 is 0. The van der Waals surface area contributed by atoms with Crippen LogP contribution in [0.25, 0.3) is 0 Å². The molecule has 1 unspecified atom stereocenters. The van der Waals surface area contributed by atoms with E-state index in [1.807, 2.05) is 0 Å². The maximum atomic E-state index is 8.66. The molecule has 0 bridgehead atoms. The lowest BCUT2D eigenvalue weighted by atomic mass is 10.6. The standard InChI is InChI=1S/C6H15NO4/c7-1-2-10-3-4-11-6(9)5-8/h6,8-9H,1-5,7H2. The quantitative estimate of drug-likeness (QED) is 0.309. The fourth-order valence-electron chi connectivity index (χ4n) is 0.481. The van der Waals surface area contributed by atoms with E-state index in [-0.39, 0.29) is 6.61 Å². The minimum absolute atomic E-state index is 0.266. The predicted octanol–water partition coefficient (Wildman–Crippen LogP) is -1.71. The van der Waals surface area contributed by atoms with E-state index in [1.54, 1.807) is 0 Å². The number of ether oxygens (including phenoxy) is 2. The van der Waals surface area contributed by atoms with E-state index < -0.39 is 12.9 Å². The second-order valence-corrected chi connectivity index (χ2v) is 1.91. The van der Waals surface area contributed by atoms with Gasteiger partial charge < -0.3 is 25.4 Å². The molecule has 0 aromatic heterocycles. The van der Waals surface area contributed by atoms with Crippen LogP contribution < -0.4 is 5.73 Å². The first kappa shape index (κ1) is 10.8. The first-order valence-corrected chi connectivity index (χ1v) is 3.49. The van der Waals surface area contributed by atoms with Crippen molar-refractivity contribution in [3.05, 3.63) is 0 Å². The zero-order valence-electron chi connectivity index (χ0n) is 6.40. The van der Waals surface area contributed by atoms with Crippen molar-refractivity contribution in [3.63, 3.8) is 0 Å². The second-order valence-electron chi connectivity index (χ2n) is 1.91. The van der Waals surface area contributed by atoms with Gasteiger partial charge in [0.15, 0.2) is 6.29 Å². The van der Waals surface area contributed by atoms with E-state index in [1.165, 1.54) is 0 Å². The SMILES string of the molecule is NCCOCCOC(O)CO. The molecule has 0 fully saturated rings. The van der Waals surface area contributed by atoms with Crippen molar-refractivity contribution >= 4 is 0 Å². The number of hydrogen-bond donors (Lipinski definition) is 3. The Balaban J connectivity index is 2.89. The molecule has 1 atom stereocenters. The Hall–Kier alpha value is -0.200. The van der Waals surface area contributed by atoms with Crippen LogP contribution in [0.4, 0.5) is 0 Å². The lowest BCUT2D eigenvalue weighted by molar-refractivity contribution is -0.133. The highest BCUT2D eigenvalue weighted by Crippen LogP contribution is 1.84. The molecule has 5 nitrogen and oxygen atoms in total. The first-order valence-electron chi connectivity index (χ1n) is 3.49. The Bertz CT molecular complexity index is 81.0. The highest BCUT2D eigenvalue weighted by atomic mass is 16.6. The van der Waals surface area contributed by atoms with E-state index in [0.717, 1.165) is 0 Å². The summed E-state index contributed by atoms with van der Waals surface area (Å²) < 4.78 is 9.61. The molecular formula is C6H15NO4. The van der Waals surface area contributed by atoms with Gasteiger partial charge in [-0.3, -0.25) is 0 Å². The molecule has 0 amide bonds. The van der Waals surface area contributed by atoms with E-state index >= 15 is 0 Å². The maximum absolute atomic E-state index is 8.66. The molecule has 0 aliphatic heterocycles. The summed E-state index contributed by atoms with van der Waals surface area (Å²) in [7, 11) is 0. The summed E-state index contributed by atoms with van der Waals surface area (Å²) in [5.41, 5.74) is 5.14. The van der Waals surface area contributed by atoms with Gasteiger partial charge in [0, 0.05) is 6.54 Å². The molecule has 68 valence electrons. The van der Waals surface area contributed by atoms with Crippen molar-refractivity contribution in [1.29, 1.82) is 0 Å². The Morgan fingerprint density at radius 1 is 1.27 bits per heavy atom. The lowest BCUT2D eigenvalue weighted by Gasteiger charge is -2.08. The summed E-state index contributed by atoms with van der Waals surface area (Å²) in [6, 6.07) is 0. The van der Waals surface area contributed by atoms with Crippen molar-refractivity contribution in [3.8, 4) is 0 Å². The number of aliphatic hydroxyl groups is 2. The van der Waals surface area contributed by atoms with Gasteiger partial charge in [0.05, 0.1) is 26.4 Å². The van der Waals surface area contributed by atoms with Crippen LogP contribution in [-0.4, -0.2) is 49.5 Å². The Kier molecular flexibility index (Phi) is 7.76. The molecule has 0 rings (SSSR count). The van der Waals surface area contributed by atoms with Crippen LogP contribution in [0.5, 0.6) is 0 Å². The maximum Gasteiger partial charge on any atom is 0.177 e. The average molecular weight is 165 g/mol. The third-order valence-corrected chi connectivity index (χ3v) is 0.956. The van der Waals surface area contributed by atoms with Gasteiger partial charge in [0.2, 0.25) is 0 Å². The molecule has 0 aromatic rings. The smallest absolute Gasteiger partial charge is 0.177 e. The van der Waals surface area contributed by atoms with E-state index in [2.05, 4.69) is 4.74 Å². The zero-order valence-corrected chi connectivity index (χ0v) is 6.40. The van der Waals surface area contributed by atoms with Crippen LogP contribution in [-0.2, 0) is 9.47 Å². The lowest BCUT2D eigenvalue weighted by Crippen LogP contribution is -2.20. The number of nitrogens with two attached hydrogens (primary N) is 1. The molecule has 0 saturated heterocycles. The highest BCUT2D eigenvalue weighted by molar-refractivity contribution is 4.36. The fourth-order valence-corrected chi connectivity index (χ4v) is 0.481. The third kappa shape index (κ3) is 7.70. The van der Waals surface area contributed by atoms with Gasteiger partial charge in [-0.2, -0.15) is 0 Å². The average Bonchev–Trinajstić information content (AvgIpc) is 2.04. The molecule has 0 saturated carbocycles. The van der Waals surface area contributed by atoms with E-state index in [0.29, 0.717) is 19.8 Å². The molecule has 0 aliphatic rings. The number of hydrogen-bond acceptors (Lipinski definition) is 5. The number of aliphatic hydroxyl groups excluding tert-OH is 2. The van der Waals surface area contributed by atoms with Crippen LogP contribution in [0.2, 0.25) is 0 Å². The topological polar surface area (TPSA) is 84.9 Å². The minimum Gasteiger partial charge on any atom is -0.391 e. The summed E-state index contributed by atoms with van der Waals surface area (Å²) in [5, 5.41) is 17.0. The molecule has 5 heteroatoms. The monoisotopic (exact) mass is 165 g/mol. The van der Waals surface area contributed by atoms with Gasteiger partial charge in [-0.15, -0.1) is 0 Å². The Morgan fingerprint density at radius 2 is 2.00 bits per heavy atom. The van der Waals surface area contributed by atoms with Gasteiger partial charge in [-0.1, -0.05) is 0 Å². The van der Waals surface area contributed by atoms with Crippen molar-refractivity contribution in [1.82, 2.24) is 0 Å². The molecule has 0 aliphatic carbocycles. The predicted molar refractivity (Wildman–Crippen MR) is 38.9 cm³/mol. The van der Waals surface area contributed by atoms with Gasteiger partial charge in [-0.05, 0) is 0 Å². The summed E-state index contributed by atoms with van der Waals surface area (Å²) in [4.78, 5) is 0. The number of rotatable bonds is 7. The van der Waals surface area contributed by atoms with E-state index in [9.17, 15) is 0 Å². The van der Waals surface area contributed by atoms with Crippen molar-refractivity contribution in [2.24, 2.45) is 5.73 Å². The molecule has 0 aromatic carbocycles. The van der Waals surface area contributed by atoms with Gasteiger partial charge in [0.25, 0.3) is 0 Å². The second kappa shape index (κ2) is 7.90. The van der Waals surface area contributed by atoms with E-state index in [4.69, 9.17) is 20.7 Å². The summed E-state index contributed by atoms with van der Waals surface area (Å²) in [5.74, 6) is 0. The summed E-state index contributed by atoms with van der Waals surface area (Å²) in [6.07, 6.45) is -1.10. The zero-order chi connectivity index (χ0) is 8.53. The molecular weight excluding hydrogens is 150 g/mol. The largest absolute Gasteiger partial charge is 0.391 e. The van der Waals surface area contributed by atoms with Crippen molar-refractivity contribution in [2.45, 2.75) is 6.29 Å². The van der Waals surface area contributed by atoms with Crippen LogP contribution in [0.3, 0.4) is 0 Å². The van der Waals surface area contributed by atoms with Crippen LogP contribution in [0, 0.1) is 0 Å². The normalized spacial score (nSPS) is 13.4. The van der Waals surface area contributed by atoms with Gasteiger partial charge >= 0.3 is 0 Å². The molecule has 0 radical (unpaired) electrons. The fraction of sp³-hybridized carbons (Fsp3) is 1.00. The minimum atomic E-state index is -1.10. The van der Waals surface area contributed by atoms with Crippen LogP contribution in [0.15, 0.2) is 0 Å². The first-order chi connectivity index (χ1) is 5.31. The Labute approximate surface area is 65.7 Å². The van der Waals surface area contributed by atoms with Gasteiger partial charge in [-0.25, -0.2) is 0 Å². The van der Waals surface area contributed by atoms with Crippen LogP contribution >= 0.6 is 0 Å². The van der Waals surface area contributed by atoms with Crippen molar-refractivity contribution < 1.29 is 19.7 Å². The Morgan fingerprint density at radius 3 is 2.55 bits per heavy atom. The third-order valence-electron chi connectivity index (χ3n) is 0.956. The molecule has 0 heterocycles. The van der Waals surface area contributed by atoms with Gasteiger partial charge in [0.1, 0.15) is 0 Å². The van der Waals surface area contributed by atoms with Crippen LogP contribution in [0.1, 0.15) is 0 Å². The molecule has 0 spiro atoms. The van der Waals surface area contributed by atoms with Crippen molar-refractivity contribution in [2.75, 3.05) is 33.0 Å². The summed E-state index contributed by atoms with van der Waals surface area (Å²) in [6.45, 7) is 1.22. The molecule has 4 N–H and O–H groups in total. The molecule has 11 heavy (non-hydrogen) atoms. The highest BCUT2D eigenvalue weighted by Gasteiger charge is 1.99.